The Bertz CT molecular complexity index is 1260. The van der Waals surface area contributed by atoms with E-state index in [1.165, 1.54) is 17.2 Å². The summed E-state index contributed by atoms with van der Waals surface area (Å²) in [5.41, 5.74) is 6.45. The van der Waals surface area contributed by atoms with Crippen molar-refractivity contribution in [2.24, 2.45) is 5.10 Å². The highest BCUT2D eigenvalue weighted by atomic mass is 16.6. The predicted molar refractivity (Wildman–Crippen MR) is 119 cm³/mol. The number of hydrazone groups is 1. The Balaban J connectivity index is 1.32. The number of hydrogen-bond acceptors (Lipinski definition) is 10. The molecule has 11 nitrogen and oxygen atoms in total. The van der Waals surface area contributed by atoms with E-state index in [4.69, 9.17) is 4.74 Å². The molecular weight excluding hydrogens is 426 g/mol. The molecule has 0 spiro atoms. The SMILES string of the molecule is OC[C@H]1O[C@@H](n2cnc3c(N/N=C/c4ccc(-c5ccccn5)cc4)ncnc32)C(O)[C@H]1O. The van der Waals surface area contributed by atoms with Crippen LogP contribution in [0.5, 0.6) is 0 Å². The van der Waals surface area contributed by atoms with Crippen LogP contribution in [0.25, 0.3) is 22.4 Å². The number of benzene rings is 1. The van der Waals surface area contributed by atoms with Gasteiger partial charge in [-0.05, 0) is 17.7 Å². The number of nitrogens with one attached hydrogen (secondary N) is 1. The van der Waals surface area contributed by atoms with Crippen molar-refractivity contribution >= 4 is 23.2 Å². The lowest BCUT2D eigenvalue weighted by atomic mass is 10.1. The molecule has 1 aromatic carbocycles. The summed E-state index contributed by atoms with van der Waals surface area (Å²) in [5.74, 6) is 0.367. The van der Waals surface area contributed by atoms with E-state index in [0.717, 1.165) is 16.8 Å². The summed E-state index contributed by atoms with van der Waals surface area (Å²) in [6, 6.07) is 13.6. The Kier molecular flexibility index (Phi) is 5.75. The lowest BCUT2D eigenvalue weighted by Gasteiger charge is -2.16. The molecule has 1 fully saturated rings. The highest BCUT2D eigenvalue weighted by Crippen LogP contribution is 2.32. The molecular formula is C22H21N7O4. The second kappa shape index (κ2) is 9.00. The van der Waals surface area contributed by atoms with Crippen molar-refractivity contribution in [2.75, 3.05) is 12.0 Å². The van der Waals surface area contributed by atoms with E-state index >= 15 is 0 Å². The second-order valence-electron chi connectivity index (χ2n) is 7.48. The zero-order chi connectivity index (χ0) is 22.8. The van der Waals surface area contributed by atoms with Crippen LogP contribution in [0.2, 0.25) is 0 Å². The highest BCUT2D eigenvalue weighted by Gasteiger charge is 2.44. The Morgan fingerprint density at radius 3 is 2.61 bits per heavy atom. The van der Waals surface area contributed by atoms with Crippen molar-refractivity contribution in [2.45, 2.75) is 24.5 Å². The van der Waals surface area contributed by atoms with Crippen LogP contribution in [-0.2, 0) is 4.74 Å². The molecule has 1 saturated heterocycles. The first kappa shape index (κ1) is 21.1. The maximum absolute atomic E-state index is 10.3. The average molecular weight is 447 g/mol. The van der Waals surface area contributed by atoms with Crippen molar-refractivity contribution < 1.29 is 20.1 Å². The second-order valence-corrected chi connectivity index (χ2v) is 7.48. The number of pyridine rings is 1. The topological polar surface area (TPSA) is 151 Å². The van der Waals surface area contributed by atoms with E-state index in [9.17, 15) is 15.3 Å². The number of nitrogens with zero attached hydrogens (tertiary/aromatic N) is 6. The first-order valence-corrected chi connectivity index (χ1v) is 10.3. The van der Waals surface area contributed by atoms with Crippen molar-refractivity contribution in [3.05, 3.63) is 66.9 Å². The van der Waals surface area contributed by atoms with Crippen molar-refractivity contribution in [3.63, 3.8) is 0 Å². The van der Waals surface area contributed by atoms with Gasteiger partial charge in [0.25, 0.3) is 0 Å². The lowest BCUT2D eigenvalue weighted by Crippen LogP contribution is -2.33. The van der Waals surface area contributed by atoms with Gasteiger partial charge in [-0.1, -0.05) is 30.3 Å². The van der Waals surface area contributed by atoms with Crippen LogP contribution in [0.15, 0.2) is 66.4 Å². The monoisotopic (exact) mass is 447 g/mol. The molecule has 33 heavy (non-hydrogen) atoms. The van der Waals surface area contributed by atoms with Gasteiger partial charge in [0, 0.05) is 11.8 Å². The summed E-state index contributed by atoms with van der Waals surface area (Å²) in [7, 11) is 0. The summed E-state index contributed by atoms with van der Waals surface area (Å²) in [4.78, 5) is 17.0. The first-order chi connectivity index (χ1) is 16.2. The molecule has 4 heterocycles. The van der Waals surface area contributed by atoms with Crippen LogP contribution in [-0.4, -0.2) is 71.0 Å². The maximum atomic E-state index is 10.3. The first-order valence-electron chi connectivity index (χ1n) is 10.3. The van der Waals surface area contributed by atoms with Gasteiger partial charge < -0.3 is 20.1 Å². The minimum absolute atomic E-state index is 0.367. The normalized spacial score (nSPS) is 22.9. The number of aromatic nitrogens is 5. The van der Waals surface area contributed by atoms with E-state index in [-0.39, 0.29) is 0 Å². The molecule has 1 unspecified atom stereocenters. The molecule has 0 bridgehead atoms. The zero-order valence-corrected chi connectivity index (χ0v) is 17.3. The minimum Gasteiger partial charge on any atom is -0.394 e. The fraction of sp³-hybridized carbons (Fsp3) is 0.227. The zero-order valence-electron chi connectivity index (χ0n) is 17.3. The van der Waals surface area contributed by atoms with Crippen molar-refractivity contribution in [1.29, 1.82) is 0 Å². The molecule has 168 valence electrons. The maximum Gasteiger partial charge on any atom is 0.177 e. The Hall–Kier alpha value is -3.77. The van der Waals surface area contributed by atoms with Gasteiger partial charge in [0.05, 0.1) is 24.8 Å². The molecule has 0 saturated carbocycles. The third kappa shape index (κ3) is 4.05. The van der Waals surface area contributed by atoms with Gasteiger partial charge in [-0.2, -0.15) is 5.10 Å². The molecule has 1 aliphatic rings. The Morgan fingerprint density at radius 1 is 1.03 bits per heavy atom. The van der Waals surface area contributed by atoms with Gasteiger partial charge in [0.2, 0.25) is 0 Å². The van der Waals surface area contributed by atoms with E-state index in [2.05, 4.69) is 30.5 Å². The van der Waals surface area contributed by atoms with E-state index in [0.29, 0.717) is 17.0 Å². The molecule has 3 aromatic heterocycles. The predicted octanol–water partition coefficient (Wildman–Crippen LogP) is 0.946. The van der Waals surface area contributed by atoms with Crippen LogP contribution in [0, 0.1) is 0 Å². The van der Waals surface area contributed by atoms with Gasteiger partial charge >= 0.3 is 0 Å². The molecule has 0 aliphatic carbocycles. The summed E-state index contributed by atoms with van der Waals surface area (Å²) < 4.78 is 7.06. The number of rotatable bonds is 6. The fourth-order valence-corrected chi connectivity index (χ4v) is 3.67. The van der Waals surface area contributed by atoms with Crippen molar-refractivity contribution in [3.8, 4) is 11.3 Å². The van der Waals surface area contributed by atoms with Crippen LogP contribution in [0.1, 0.15) is 11.8 Å². The summed E-state index contributed by atoms with van der Waals surface area (Å²) >= 11 is 0. The molecule has 4 N–H and O–H groups in total. The summed E-state index contributed by atoms with van der Waals surface area (Å²) in [6.45, 7) is -0.416. The van der Waals surface area contributed by atoms with Crippen LogP contribution in [0.4, 0.5) is 5.82 Å². The van der Waals surface area contributed by atoms with Gasteiger partial charge in [-0.3, -0.25) is 15.0 Å². The van der Waals surface area contributed by atoms with Crippen LogP contribution in [0.3, 0.4) is 0 Å². The third-order valence-corrected chi connectivity index (χ3v) is 5.41. The average Bonchev–Trinajstić information content (AvgIpc) is 3.41. The Labute approximate surface area is 188 Å². The number of aliphatic hydroxyl groups is 3. The number of ether oxygens (including phenoxy) is 1. The number of hydrogen-bond donors (Lipinski definition) is 4. The minimum atomic E-state index is -1.24. The molecule has 0 amide bonds. The lowest BCUT2D eigenvalue weighted by molar-refractivity contribution is -0.0511. The number of aliphatic hydroxyl groups excluding tert-OH is 3. The van der Waals surface area contributed by atoms with Crippen molar-refractivity contribution in [1.82, 2.24) is 24.5 Å². The quantitative estimate of drug-likeness (QED) is 0.250. The van der Waals surface area contributed by atoms with Gasteiger partial charge in [0.1, 0.15) is 24.6 Å². The van der Waals surface area contributed by atoms with Crippen LogP contribution < -0.4 is 5.43 Å². The third-order valence-electron chi connectivity index (χ3n) is 5.41. The number of anilines is 1. The summed E-state index contributed by atoms with van der Waals surface area (Å²) in [5, 5.41) is 33.9. The molecule has 1 aliphatic heterocycles. The smallest absolute Gasteiger partial charge is 0.177 e. The van der Waals surface area contributed by atoms with Gasteiger partial charge in [-0.15, -0.1) is 0 Å². The molecule has 4 aromatic rings. The fourth-order valence-electron chi connectivity index (χ4n) is 3.67. The molecule has 0 radical (unpaired) electrons. The van der Waals surface area contributed by atoms with Gasteiger partial charge in [0.15, 0.2) is 23.2 Å². The molecule has 5 rings (SSSR count). The number of imidazole rings is 1. The number of fused-ring (bicyclic) bond motifs is 1. The Morgan fingerprint density at radius 2 is 1.88 bits per heavy atom. The van der Waals surface area contributed by atoms with E-state index < -0.39 is 31.1 Å². The van der Waals surface area contributed by atoms with Crippen LogP contribution >= 0.6 is 0 Å². The van der Waals surface area contributed by atoms with E-state index in [1.807, 2.05) is 42.5 Å². The standard InChI is InChI=1S/C22H21N7O4/c30-10-16-18(31)19(32)22(33-16)29-12-26-17-20(24-11-25-21(17)29)28-27-9-13-4-6-14(7-5-13)15-3-1-2-8-23-15/h1-9,11-12,16,18-19,22,30-32H,10H2,(H,24,25,28)/b27-9+/t16-,18+,19?,22-/m1/s1. The summed E-state index contributed by atoms with van der Waals surface area (Å²) in [6.07, 6.45) is 1.89. The molecule has 4 atom stereocenters. The largest absolute Gasteiger partial charge is 0.394 e. The van der Waals surface area contributed by atoms with E-state index in [1.54, 1.807) is 12.4 Å². The molecule has 11 heteroatoms. The highest BCUT2D eigenvalue weighted by molar-refractivity contribution is 5.85. The van der Waals surface area contributed by atoms with Gasteiger partial charge in [-0.25, -0.2) is 15.0 Å².